The molecule has 0 atom stereocenters. The fourth-order valence-corrected chi connectivity index (χ4v) is 1.82. The molecule has 1 fully saturated rings. The molecule has 18 heavy (non-hydrogen) atoms. The van der Waals surface area contributed by atoms with Crippen LogP contribution in [0.3, 0.4) is 0 Å². The summed E-state index contributed by atoms with van der Waals surface area (Å²) in [6.45, 7) is 6.95. The minimum Gasteiger partial charge on any atom is -0.507 e. The highest BCUT2D eigenvalue weighted by atomic mass is 16.5. The first-order valence-corrected chi connectivity index (χ1v) is 5.86. The van der Waals surface area contributed by atoms with E-state index in [1.54, 1.807) is 25.3 Å². The lowest BCUT2D eigenvalue weighted by molar-refractivity contribution is 0.0230. The van der Waals surface area contributed by atoms with Crippen LogP contribution >= 0.6 is 0 Å². The molecule has 5 nitrogen and oxygen atoms in total. The lowest BCUT2D eigenvalue weighted by Crippen LogP contribution is -2.44. The number of benzene rings is 1. The highest BCUT2D eigenvalue weighted by Gasteiger charge is 2.13. The lowest BCUT2D eigenvalue weighted by atomic mass is 10.1. The van der Waals surface area contributed by atoms with Crippen molar-refractivity contribution >= 4 is 5.70 Å². The summed E-state index contributed by atoms with van der Waals surface area (Å²) in [5.41, 5.74) is 4.50. The molecule has 1 aliphatic heterocycles. The van der Waals surface area contributed by atoms with Crippen molar-refractivity contribution in [1.82, 2.24) is 10.4 Å². The zero-order chi connectivity index (χ0) is 13.0. The molecule has 0 unspecified atom stereocenters. The van der Waals surface area contributed by atoms with Crippen LogP contribution in [0.4, 0.5) is 0 Å². The third-order valence-electron chi connectivity index (χ3n) is 2.83. The SMILES string of the molecule is C=C(NN1CCOCC1)c1ccc(OC)cc1O. The van der Waals surface area contributed by atoms with E-state index in [9.17, 15) is 5.11 Å². The molecule has 0 saturated carbocycles. The minimum atomic E-state index is 0.153. The van der Waals surface area contributed by atoms with E-state index in [1.165, 1.54) is 0 Å². The van der Waals surface area contributed by atoms with Gasteiger partial charge in [0.1, 0.15) is 11.5 Å². The number of phenolic OH excluding ortho intramolecular Hbond substituents is 1. The summed E-state index contributed by atoms with van der Waals surface area (Å²) in [6.07, 6.45) is 0. The Morgan fingerprint density at radius 3 is 2.78 bits per heavy atom. The number of aromatic hydroxyl groups is 1. The van der Waals surface area contributed by atoms with Crippen molar-refractivity contribution in [1.29, 1.82) is 0 Å². The number of methoxy groups -OCH3 is 1. The van der Waals surface area contributed by atoms with E-state index < -0.39 is 0 Å². The van der Waals surface area contributed by atoms with Gasteiger partial charge in [-0.15, -0.1) is 0 Å². The number of nitrogens with zero attached hydrogens (tertiary/aromatic N) is 1. The van der Waals surface area contributed by atoms with Gasteiger partial charge in [-0.05, 0) is 12.1 Å². The summed E-state index contributed by atoms with van der Waals surface area (Å²) in [5.74, 6) is 0.774. The van der Waals surface area contributed by atoms with Gasteiger partial charge in [-0.3, -0.25) is 0 Å². The molecule has 1 aliphatic rings. The van der Waals surface area contributed by atoms with Gasteiger partial charge < -0.3 is 20.0 Å². The van der Waals surface area contributed by atoms with E-state index in [2.05, 4.69) is 12.0 Å². The first-order valence-electron chi connectivity index (χ1n) is 5.86. The molecule has 98 valence electrons. The molecular weight excluding hydrogens is 232 g/mol. The molecule has 2 rings (SSSR count). The molecular formula is C13H18N2O3. The molecule has 0 radical (unpaired) electrons. The summed E-state index contributed by atoms with van der Waals surface area (Å²) >= 11 is 0. The predicted octanol–water partition coefficient (Wildman–Crippen LogP) is 1.21. The highest BCUT2D eigenvalue weighted by Crippen LogP contribution is 2.27. The molecule has 0 aliphatic carbocycles. The number of hydrogen-bond donors (Lipinski definition) is 2. The van der Waals surface area contributed by atoms with Gasteiger partial charge in [-0.2, -0.15) is 0 Å². The Balaban J connectivity index is 2.03. The maximum absolute atomic E-state index is 9.90. The van der Waals surface area contributed by atoms with Gasteiger partial charge in [0.15, 0.2) is 0 Å². The average Bonchev–Trinajstić information content (AvgIpc) is 2.39. The van der Waals surface area contributed by atoms with E-state index in [0.29, 0.717) is 30.2 Å². The topological polar surface area (TPSA) is 54.0 Å². The van der Waals surface area contributed by atoms with Crippen molar-refractivity contribution in [2.24, 2.45) is 0 Å². The van der Waals surface area contributed by atoms with Crippen molar-refractivity contribution < 1.29 is 14.6 Å². The first kappa shape index (κ1) is 12.7. The molecule has 2 N–H and O–H groups in total. The van der Waals surface area contributed by atoms with E-state index in [1.807, 2.05) is 5.01 Å². The van der Waals surface area contributed by atoms with Gasteiger partial charge in [-0.25, -0.2) is 5.01 Å². The number of hydrogen-bond acceptors (Lipinski definition) is 5. The van der Waals surface area contributed by atoms with Crippen LogP contribution < -0.4 is 10.2 Å². The molecule has 0 aromatic heterocycles. The molecule has 0 bridgehead atoms. The third kappa shape index (κ3) is 2.94. The van der Waals surface area contributed by atoms with Crippen molar-refractivity contribution in [3.63, 3.8) is 0 Å². The maximum atomic E-state index is 9.90. The van der Waals surface area contributed by atoms with Crippen LogP contribution in [0.2, 0.25) is 0 Å². The fourth-order valence-electron chi connectivity index (χ4n) is 1.82. The van der Waals surface area contributed by atoms with Gasteiger partial charge in [0.2, 0.25) is 0 Å². The summed E-state index contributed by atoms with van der Waals surface area (Å²) in [4.78, 5) is 0. The molecule has 0 spiro atoms. The van der Waals surface area contributed by atoms with Gasteiger partial charge in [-0.1, -0.05) is 6.58 Å². The number of morpholine rings is 1. The average molecular weight is 250 g/mol. The molecule has 1 aromatic rings. The molecule has 1 saturated heterocycles. The van der Waals surface area contributed by atoms with Gasteiger partial charge in [0.05, 0.1) is 26.0 Å². The number of rotatable bonds is 4. The Bertz CT molecular complexity index is 428. The molecule has 5 heteroatoms. The largest absolute Gasteiger partial charge is 0.507 e. The Morgan fingerprint density at radius 1 is 1.44 bits per heavy atom. The number of phenols is 1. The van der Waals surface area contributed by atoms with Crippen LogP contribution in [0.25, 0.3) is 5.70 Å². The Kier molecular flexibility index (Phi) is 4.07. The number of ether oxygens (including phenoxy) is 2. The van der Waals surface area contributed by atoms with Crippen molar-refractivity contribution in [2.75, 3.05) is 33.4 Å². The van der Waals surface area contributed by atoms with Crippen LogP contribution in [0.1, 0.15) is 5.56 Å². The predicted molar refractivity (Wildman–Crippen MR) is 69.2 cm³/mol. The van der Waals surface area contributed by atoms with Crippen LogP contribution in [0.15, 0.2) is 24.8 Å². The third-order valence-corrected chi connectivity index (χ3v) is 2.83. The number of nitrogens with one attached hydrogen (secondary N) is 1. The second-order valence-electron chi connectivity index (χ2n) is 4.07. The second-order valence-corrected chi connectivity index (χ2v) is 4.07. The Hall–Kier alpha value is -1.72. The summed E-state index contributed by atoms with van der Waals surface area (Å²) < 4.78 is 10.3. The smallest absolute Gasteiger partial charge is 0.128 e. The minimum absolute atomic E-state index is 0.153. The standard InChI is InChI=1S/C13H18N2O3/c1-10(14-15-5-7-18-8-6-15)12-4-3-11(17-2)9-13(12)16/h3-4,9,14,16H,1,5-8H2,2H3. The van der Waals surface area contributed by atoms with Crippen molar-refractivity contribution in [3.05, 3.63) is 30.3 Å². The highest BCUT2D eigenvalue weighted by molar-refractivity contribution is 5.67. The Morgan fingerprint density at radius 2 is 2.17 bits per heavy atom. The monoisotopic (exact) mass is 250 g/mol. The zero-order valence-electron chi connectivity index (χ0n) is 10.5. The summed E-state index contributed by atoms with van der Waals surface area (Å²) in [5, 5.41) is 11.9. The van der Waals surface area contributed by atoms with Crippen LogP contribution in [-0.2, 0) is 4.74 Å². The van der Waals surface area contributed by atoms with Crippen molar-refractivity contribution in [3.8, 4) is 11.5 Å². The Labute approximate surface area is 107 Å². The maximum Gasteiger partial charge on any atom is 0.128 e. The van der Waals surface area contributed by atoms with Crippen molar-refractivity contribution in [2.45, 2.75) is 0 Å². The quantitative estimate of drug-likeness (QED) is 0.841. The van der Waals surface area contributed by atoms with Crippen LogP contribution in [0.5, 0.6) is 11.5 Å². The van der Waals surface area contributed by atoms with Gasteiger partial charge in [0.25, 0.3) is 0 Å². The van der Waals surface area contributed by atoms with Gasteiger partial charge in [0, 0.05) is 24.7 Å². The van der Waals surface area contributed by atoms with E-state index >= 15 is 0 Å². The van der Waals surface area contributed by atoms with Crippen LogP contribution in [-0.4, -0.2) is 43.5 Å². The van der Waals surface area contributed by atoms with Gasteiger partial charge >= 0.3 is 0 Å². The second kappa shape index (κ2) is 5.75. The number of hydrazine groups is 1. The first-order chi connectivity index (χ1) is 8.70. The van der Waals surface area contributed by atoms with E-state index in [0.717, 1.165) is 13.1 Å². The van der Waals surface area contributed by atoms with Crippen LogP contribution in [0, 0.1) is 0 Å². The molecule has 1 heterocycles. The fraction of sp³-hybridized carbons (Fsp3) is 0.385. The normalized spacial score (nSPS) is 16.3. The summed E-state index contributed by atoms with van der Waals surface area (Å²) in [7, 11) is 1.56. The van der Waals surface area contributed by atoms with E-state index in [4.69, 9.17) is 9.47 Å². The van der Waals surface area contributed by atoms with E-state index in [-0.39, 0.29) is 5.75 Å². The lowest BCUT2D eigenvalue weighted by Gasteiger charge is -2.29. The molecule has 0 amide bonds. The molecule has 1 aromatic carbocycles. The summed E-state index contributed by atoms with van der Waals surface area (Å²) in [6, 6.07) is 5.15. The zero-order valence-corrected chi connectivity index (χ0v) is 10.5.